The summed E-state index contributed by atoms with van der Waals surface area (Å²) in [4.78, 5) is 28.7. The lowest BCUT2D eigenvalue weighted by molar-refractivity contribution is -0.128. The smallest absolute Gasteiger partial charge is 0.237 e. The largest absolute Gasteiger partial charge is 0.358 e. The Labute approximate surface area is 175 Å². The molecule has 6 heteroatoms. The molecule has 2 aliphatic rings. The lowest BCUT2D eigenvalue weighted by Crippen LogP contribution is -2.53. The van der Waals surface area contributed by atoms with Gasteiger partial charge in [0.1, 0.15) is 0 Å². The molecule has 0 saturated carbocycles. The Hall–Kier alpha value is -1.92. The van der Waals surface area contributed by atoms with Crippen LogP contribution in [0.4, 0.5) is 0 Å². The SMILES string of the molecule is CNC(=O)CN1CCC(NC(=O)C(C)N2CCC(Cc3ccccc3)CC2)CC1. The van der Waals surface area contributed by atoms with Gasteiger partial charge in [-0.2, -0.15) is 0 Å². The zero-order valence-corrected chi connectivity index (χ0v) is 17.9. The summed E-state index contributed by atoms with van der Waals surface area (Å²) >= 11 is 0. The van der Waals surface area contributed by atoms with Crippen LogP contribution in [0, 0.1) is 5.92 Å². The van der Waals surface area contributed by atoms with Crippen LogP contribution in [0.25, 0.3) is 0 Å². The van der Waals surface area contributed by atoms with Gasteiger partial charge in [0.25, 0.3) is 0 Å². The number of piperidine rings is 2. The van der Waals surface area contributed by atoms with Crippen LogP contribution in [0.1, 0.15) is 38.2 Å². The van der Waals surface area contributed by atoms with E-state index < -0.39 is 0 Å². The highest BCUT2D eigenvalue weighted by atomic mass is 16.2. The van der Waals surface area contributed by atoms with Crippen molar-refractivity contribution in [3.05, 3.63) is 35.9 Å². The quantitative estimate of drug-likeness (QED) is 0.731. The maximum atomic E-state index is 12.8. The highest BCUT2D eigenvalue weighted by molar-refractivity contribution is 5.81. The fraction of sp³-hybridized carbons (Fsp3) is 0.652. The average molecular weight is 401 g/mol. The lowest BCUT2D eigenvalue weighted by atomic mass is 9.89. The van der Waals surface area contributed by atoms with Crippen LogP contribution in [0.15, 0.2) is 30.3 Å². The predicted octanol–water partition coefficient (Wildman–Crippen LogP) is 1.66. The molecule has 1 aromatic rings. The van der Waals surface area contributed by atoms with E-state index in [2.05, 4.69) is 50.8 Å². The number of rotatable bonds is 7. The van der Waals surface area contributed by atoms with Crippen LogP contribution in [-0.2, 0) is 16.0 Å². The standard InChI is InChI=1S/C23H36N4O2/c1-18(23(29)25-21-10-12-26(13-11-21)17-22(28)24-2)27-14-8-20(9-15-27)16-19-6-4-3-5-7-19/h3-7,18,20-21H,8-17H2,1-2H3,(H,24,28)(H,25,29). The number of likely N-dealkylation sites (N-methyl/N-ethyl adjacent to an activating group) is 1. The second kappa shape index (κ2) is 10.7. The second-order valence-electron chi connectivity index (χ2n) is 8.58. The molecule has 2 N–H and O–H groups in total. The first kappa shape index (κ1) is 21.8. The van der Waals surface area contributed by atoms with Gasteiger partial charge in [0.05, 0.1) is 12.6 Å². The molecule has 0 aliphatic carbocycles. The molecule has 2 heterocycles. The normalized spacial score (nSPS) is 20.9. The number of carbonyl (C=O) groups is 2. The molecule has 2 aliphatic heterocycles. The maximum Gasteiger partial charge on any atom is 0.237 e. The molecular formula is C23H36N4O2. The van der Waals surface area contributed by atoms with Crippen LogP contribution in [0.2, 0.25) is 0 Å². The molecule has 1 atom stereocenters. The molecule has 1 unspecified atom stereocenters. The summed E-state index contributed by atoms with van der Waals surface area (Å²) in [6, 6.07) is 10.9. The van der Waals surface area contributed by atoms with Gasteiger partial charge in [0.2, 0.25) is 11.8 Å². The van der Waals surface area contributed by atoms with Crippen LogP contribution < -0.4 is 10.6 Å². The van der Waals surface area contributed by atoms with Crippen molar-refractivity contribution in [1.29, 1.82) is 0 Å². The Morgan fingerprint density at radius 1 is 1.03 bits per heavy atom. The van der Waals surface area contributed by atoms with E-state index in [0.717, 1.165) is 58.3 Å². The number of nitrogens with one attached hydrogen (secondary N) is 2. The molecule has 0 aromatic heterocycles. The van der Waals surface area contributed by atoms with Crippen molar-refractivity contribution in [2.75, 3.05) is 39.8 Å². The molecule has 0 spiro atoms. The number of hydrogen-bond donors (Lipinski definition) is 2. The Morgan fingerprint density at radius 3 is 2.31 bits per heavy atom. The van der Waals surface area contributed by atoms with Gasteiger partial charge in [-0.05, 0) is 63.6 Å². The second-order valence-corrected chi connectivity index (χ2v) is 8.58. The van der Waals surface area contributed by atoms with E-state index in [1.165, 1.54) is 5.56 Å². The number of hydrogen-bond acceptors (Lipinski definition) is 4. The Balaban J connectivity index is 1.37. The number of benzene rings is 1. The van der Waals surface area contributed by atoms with E-state index in [-0.39, 0.29) is 23.9 Å². The van der Waals surface area contributed by atoms with E-state index in [0.29, 0.717) is 12.5 Å². The minimum atomic E-state index is -0.0726. The molecule has 0 bridgehead atoms. The summed E-state index contributed by atoms with van der Waals surface area (Å²) in [5.41, 5.74) is 1.42. The topological polar surface area (TPSA) is 64.7 Å². The van der Waals surface area contributed by atoms with Gasteiger partial charge < -0.3 is 10.6 Å². The number of amides is 2. The molecular weight excluding hydrogens is 364 g/mol. The molecule has 2 amide bonds. The molecule has 29 heavy (non-hydrogen) atoms. The Morgan fingerprint density at radius 2 is 1.69 bits per heavy atom. The molecule has 3 rings (SSSR count). The van der Waals surface area contributed by atoms with Gasteiger partial charge in [0, 0.05) is 26.2 Å². The van der Waals surface area contributed by atoms with Crippen LogP contribution in [0.3, 0.4) is 0 Å². The predicted molar refractivity (Wildman–Crippen MR) is 116 cm³/mol. The fourth-order valence-electron chi connectivity index (χ4n) is 4.50. The highest BCUT2D eigenvalue weighted by Crippen LogP contribution is 2.23. The minimum absolute atomic E-state index is 0.0526. The van der Waals surface area contributed by atoms with Gasteiger partial charge in [-0.3, -0.25) is 19.4 Å². The van der Waals surface area contributed by atoms with Crippen LogP contribution in [-0.4, -0.2) is 73.5 Å². The van der Waals surface area contributed by atoms with Gasteiger partial charge in [-0.25, -0.2) is 0 Å². The van der Waals surface area contributed by atoms with E-state index >= 15 is 0 Å². The van der Waals surface area contributed by atoms with Gasteiger partial charge in [0.15, 0.2) is 0 Å². The molecule has 2 saturated heterocycles. The third-order valence-corrected chi connectivity index (χ3v) is 6.52. The van der Waals surface area contributed by atoms with Crippen LogP contribution in [0.5, 0.6) is 0 Å². The van der Waals surface area contributed by atoms with Crippen molar-refractivity contribution >= 4 is 11.8 Å². The summed E-state index contributed by atoms with van der Waals surface area (Å²) in [6.45, 7) is 6.20. The molecule has 2 fully saturated rings. The van der Waals surface area contributed by atoms with E-state index in [4.69, 9.17) is 0 Å². The summed E-state index contributed by atoms with van der Waals surface area (Å²) in [5, 5.41) is 5.91. The van der Waals surface area contributed by atoms with Gasteiger partial charge in [-0.1, -0.05) is 30.3 Å². The highest BCUT2D eigenvalue weighted by Gasteiger charge is 2.29. The van der Waals surface area contributed by atoms with Crippen molar-refractivity contribution in [2.45, 2.75) is 51.1 Å². The van der Waals surface area contributed by atoms with Crippen molar-refractivity contribution in [3.63, 3.8) is 0 Å². The summed E-state index contributed by atoms with van der Waals surface area (Å²) in [6.07, 6.45) is 5.28. The van der Waals surface area contributed by atoms with Crippen molar-refractivity contribution in [2.24, 2.45) is 5.92 Å². The van der Waals surface area contributed by atoms with Crippen molar-refractivity contribution < 1.29 is 9.59 Å². The number of likely N-dealkylation sites (tertiary alicyclic amines) is 2. The molecule has 6 nitrogen and oxygen atoms in total. The minimum Gasteiger partial charge on any atom is -0.358 e. The third kappa shape index (κ3) is 6.54. The third-order valence-electron chi connectivity index (χ3n) is 6.52. The Bertz CT molecular complexity index is 650. The van der Waals surface area contributed by atoms with E-state index in [9.17, 15) is 9.59 Å². The molecule has 1 aromatic carbocycles. The molecule has 160 valence electrons. The van der Waals surface area contributed by atoms with E-state index in [1.807, 2.05) is 6.92 Å². The first-order chi connectivity index (χ1) is 14.0. The van der Waals surface area contributed by atoms with Crippen molar-refractivity contribution in [1.82, 2.24) is 20.4 Å². The fourth-order valence-corrected chi connectivity index (χ4v) is 4.50. The number of nitrogens with zero attached hydrogens (tertiary/aromatic N) is 2. The monoisotopic (exact) mass is 400 g/mol. The zero-order chi connectivity index (χ0) is 20.6. The van der Waals surface area contributed by atoms with Gasteiger partial charge >= 0.3 is 0 Å². The number of carbonyl (C=O) groups excluding carboxylic acids is 2. The molecule has 0 radical (unpaired) electrons. The first-order valence-corrected chi connectivity index (χ1v) is 11.1. The van der Waals surface area contributed by atoms with Crippen LogP contribution >= 0.6 is 0 Å². The maximum absolute atomic E-state index is 12.8. The average Bonchev–Trinajstić information content (AvgIpc) is 2.75. The lowest BCUT2D eigenvalue weighted by Gasteiger charge is -2.37. The first-order valence-electron chi connectivity index (χ1n) is 11.1. The summed E-state index contributed by atoms with van der Waals surface area (Å²) in [7, 11) is 1.67. The summed E-state index contributed by atoms with van der Waals surface area (Å²) in [5.74, 6) is 0.918. The van der Waals surface area contributed by atoms with E-state index in [1.54, 1.807) is 7.05 Å². The summed E-state index contributed by atoms with van der Waals surface area (Å²) < 4.78 is 0. The van der Waals surface area contributed by atoms with Crippen molar-refractivity contribution in [3.8, 4) is 0 Å². The Kier molecular flexibility index (Phi) is 8.07. The zero-order valence-electron chi connectivity index (χ0n) is 17.9. The van der Waals surface area contributed by atoms with Gasteiger partial charge in [-0.15, -0.1) is 0 Å².